The molecule has 0 unspecified atom stereocenters. The first-order valence-corrected chi connectivity index (χ1v) is 4.84. The number of carboxylic acids is 1. The molecule has 0 aliphatic rings. The molecule has 0 heterocycles. The standard InChI is InChI=1S/C7H6O2.H3NO3S/c8-7(9)6-4-2-1-3-5-6;1-5(2,3)4/h1-5H,(H,8,9);(H3,1,2,3,4). The monoisotopic (exact) mass is 219 g/mol. The van der Waals surface area contributed by atoms with Crippen molar-refractivity contribution >= 4 is 16.3 Å². The van der Waals surface area contributed by atoms with Crippen molar-refractivity contribution in [3.63, 3.8) is 0 Å². The topological polar surface area (TPSA) is 118 Å². The molecule has 1 aromatic rings. The molecule has 0 radical (unpaired) electrons. The van der Waals surface area contributed by atoms with Crippen molar-refractivity contribution in [1.29, 1.82) is 0 Å². The molecule has 0 amide bonds. The lowest BCUT2D eigenvalue weighted by molar-refractivity contribution is 0.0697. The summed E-state index contributed by atoms with van der Waals surface area (Å²) < 4.78 is 25.2. The van der Waals surface area contributed by atoms with Crippen LogP contribution in [0.2, 0.25) is 0 Å². The van der Waals surface area contributed by atoms with Crippen molar-refractivity contribution < 1.29 is 22.9 Å². The molecule has 6 nitrogen and oxygen atoms in total. The highest BCUT2D eigenvalue weighted by molar-refractivity contribution is 7.83. The van der Waals surface area contributed by atoms with Gasteiger partial charge in [0.25, 0.3) is 0 Å². The first-order valence-electron chi connectivity index (χ1n) is 3.34. The molecule has 0 saturated heterocycles. The van der Waals surface area contributed by atoms with Crippen molar-refractivity contribution in [2.24, 2.45) is 5.14 Å². The summed E-state index contributed by atoms with van der Waals surface area (Å²) in [5.41, 5.74) is 0.331. The van der Waals surface area contributed by atoms with E-state index < -0.39 is 16.3 Å². The smallest absolute Gasteiger partial charge is 0.335 e. The summed E-state index contributed by atoms with van der Waals surface area (Å²) in [6.45, 7) is 0. The van der Waals surface area contributed by atoms with Crippen molar-refractivity contribution in [2.75, 3.05) is 0 Å². The van der Waals surface area contributed by atoms with E-state index in [1.165, 1.54) is 0 Å². The molecule has 0 fully saturated rings. The van der Waals surface area contributed by atoms with Crippen LogP contribution in [0.5, 0.6) is 0 Å². The fraction of sp³-hybridized carbons (Fsp3) is 0. The first-order chi connectivity index (χ1) is 6.30. The van der Waals surface area contributed by atoms with Crippen molar-refractivity contribution in [2.45, 2.75) is 0 Å². The normalized spacial score (nSPS) is 9.86. The van der Waals surface area contributed by atoms with Gasteiger partial charge in [0.05, 0.1) is 5.56 Å². The zero-order valence-corrected chi connectivity index (χ0v) is 7.81. The Bertz CT molecular complexity index is 378. The Kier molecular flexibility index (Phi) is 4.78. The fourth-order valence-electron chi connectivity index (χ4n) is 0.581. The number of hydrogen-bond donors (Lipinski definition) is 3. The molecule has 0 atom stereocenters. The number of aromatic carboxylic acids is 1. The summed E-state index contributed by atoms with van der Waals surface area (Å²) >= 11 is 0. The summed E-state index contributed by atoms with van der Waals surface area (Å²) in [4.78, 5) is 10.2. The number of hydrogen-bond acceptors (Lipinski definition) is 3. The summed E-state index contributed by atoms with van der Waals surface area (Å²) in [6, 6.07) is 8.30. The van der Waals surface area contributed by atoms with Crippen LogP contribution in [0.25, 0.3) is 0 Å². The van der Waals surface area contributed by atoms with Crippen LogP contribution in [0.1, 0.15) is 10.4 Å². The molecule has 0 aliphatic heterocycles. The second kappa shape index (κ2) is 5.32. The van der Waals surface area contributed by atoms with E-state index in [4.69, 9.17) is 18.1 Å². The van der Waals surface area contributed by atoms with Gasteiger partial charge >= 0.3 is 16.3 Å². The summed E-state index contributed by atoms with van der Waals surface area (Å²) in [5, 5.41) is 12.3. The molecule has 78 valence electrons. The first kappa shape index (κ1) is 12.6. The van der Waals surface area contributed by atoms with Gasteiger partial charge in [0.1, 0.15) is 0 Å². The van der Waals surface area contributed by atoms with E-state index in [2.05, 4.69) is 5.14 Å². The Morgan fingerprint density at radius 1 is 1.21 bits per heavy atom. The molecule has 0 bridgehead atoms. The Labute approximate surface area is 80.9 Å². The Morgan fingerprint density at radius 3 is 1.79 bits per heavy atom. The maximum Gasteiger partial charge on any atom is 0.335 e. The fourth-order valence-corrected chi connectivity index (χ4v) is 0.581. The highest BCUT2D eigenvalue weighted by Gasteiger charge is 1.96. The third-order valence-corrected chi connectivity index (χ3v) is 1.02. The van der Waals surface area contributed by atoms with Crippen molar-refractivity contribution in [1.82, 2.24) is 0 Å². The average Bonchev–Trinajstić information content (AvgIpc) is 2.03. The van der Waals surface area contributed by atoms with Crippen LogP contribution >= 0.6 is 0 Å². The zero-order chi connectivity index (χ0) is 11.2. The minimum Gasteiger partial charge on any atom is -0.478 e. The Balaban J connectivity index is 0.000000292. The predicted molar refractivity (Wildman–Crippen MR) is 49.1 cm³/mol. The average molecular weight is 219 g/mol. The van der Waals surface area contributed by atoms with E-state index in [1.807, 2.05) is 0 Å². The van der Waals surface area contributed by atoms with Gasteiger partial charge in [-0.2, -0.15) is 8.42 Å². The lowest BCUT2D eigenvalue weighted by Crippen LogP contribution is -2.08. The third kappa shape index (κ3) is 8.65. The molecule has 0 aromatic heterocycles. The second-order valence-electron chi connectivity index (χ2n) is 2.19. The molecule has 0 spiro atoms. The van der Waals surface area contributed by atoms with Crippen molar-refractivity contribution in [3.05, 3.63) is 35.9 Å². The third-order valence-electron chi connectivity index (χ3n) is 1.02. The predicted octanol–water partition coefficient (Wildman–Crippen LogP) is 0.133. The highest BCUT2D eigenvalue weighted by Crippen LogP contribution is 1.96. The van der Waals surface area contributed by atoms with Gasteiger partial charge < -0.3 is 5.11 Å². The Hall–Kier alpha value is -1.44. The largest absolute Gasteiger partial charge is 0.478 e. The summed E-state index contributed by atoms with van der Waals surface area (Å²) in [7, 11) is -4.17. The van der Waals surface area contributed by atoms with E-state index >= 15 is 0 Å². The second-order valence-corrected chi connectivity index (χ2v) is 3.22. The SMILES string of the molecule is NS(=O)(=O)O.O=C(O)c1ccccc1. The molecule has 1 rings (SSSR count). The van der Waals surface area contributed by atoms with Gasteiger partial charge in [0.2, 0.25) is 0 Å². The highest BCUT2D eigenvalue weighted by atomic mass is 32.2. The number of nitrogens with two attached hydrogens (primary N) is 1. The molecule has 7 heteroatoms. The minimum absolute atomic E-state index is 0.331. The van der Waals surface area contributed by atoms with Crippen LogP contribution in [-0.2, 0) is 10.3 Å². The van der Waals surface area contributed by atoms with Crippen LogP contribution in [0.15, 0.2) is 30.3 Å². The Morgan fingerprint density at radius 2 is 1.57 bits per heavy atom. The van der Waals surface area contributed by atoms with Crippen LogP contribution < -0.4 is 5.14 Å². The van der Waals surface area contributed by atoms with E-state index in [0.29, 0.717) is 5.56 Å². The van der Waals surface area contributed by atoms with Gasteiger partial charge in [0.15, 0.2) is 0 Å². The van der Waals surface area contributed by atoms with Crippen molar-refractivity contribution in [3.8, 4) is 0 Å². The molecule has 0 saturated carbocycles. The van der Waals surface area contributed by atoms with Gasteiger partial charge in [-0.3, -0.25) is 4.55 Å². The molecular weight excluding hydrogens is 210 g/mol. The van der Waals surface area contributed by atoms with E-state index in [9.17, 15) is 4.79 Å². The zero-order valence-electron chi connectivity index (χ0n) is 6.99. The van der Waals surface area contributed by atoms with Gasteiger partial charge in [-0.1, -0.05) is 18.2 Å². The number of rotatable bonds is 1. The van der Waals surface area contributed by atoms with Gasteiger partial charge in [-0.25, -0.2) is 9.93 Å². The lowest BCUT2D eigenvalue weighted by atomic mass is 10.2. The number of carboxylic acid groups (broad SMARTS) is 1. The van der Waals surface area contributed by atoms with E-state index in [0.717, 1.165) is 0 Å². The van der Waals surface area contributed by atoms with Crippen LogP contribution in [0.4, 0.5) is 0 Å². The van der Waals surface area contributed by atoms with E-state index in [-0.39, 0.29) is 0 Å². The van der Waals surface area contributed by atoms with Gasteiger partial charge in [0, 0.05) is 0 Å². The molecule has 4 N–H and O–H groups in total. The van der Waals surface area contributed by atoms with Crippen LogP contribution in [0.3, 0.4) is 0 Å². The maximum absolute atomic E-state index is 10.2. The van der Waals surface area contributed by atoms with Crippen LogP contribution in [0, 0.1) is 0 Å². The van der Waals surface area contributed by atoms with Gasteiger partial charge in [-0.05, 0) is 12.1 Å². The minimum atomic E-state index is -4.17. The number of carbonyl (C=O) groups is 1. The molecule has 1 aromatic carbocycles. The maximum atomic E-state index is 10.2. The number of benzene rings is 1. The summed E-state index contributed by atoms with van der Waals surface area (Å²) in [5.74, 6) is -0.879. The summed E-state index contributed by atoms with van der Waals surface area (Å²) in [6.07, 6.45) is 0. The quantitative estimate of drug-likeness (QED) is 0.580. The molecular formula is C7H9NO5S. The molecule has 14 heavy (non-hydrogen) atoms. The van der Waals surface area contributed by atoms with Crippen LogP contribution in [-0.4, -0.2) is 24.0 Å². The molecule has 0 aliphatic carbocycles. The van der Waals surface area contributed by atoms with E-state index in [1.54, 1.807) is 30.3 Å². The lowest BCUT2D eigenvalue weighted by Gasteiger charge is -1.88. The van der Waals surface area contributed by atoms with Gasteiger partial charge in [-0.15, -0.1) is 0 Å².